The third kappa shape index (κ3) is 9.49. The first-order chi connectivity index (χ1) is 19.0. The Morgan fingerprint density at radius 1 is 1.05 bits per heavy atom. The molecular formula is C31H43ClN4O5. The van der Waals surface area contributed by atoms with Gasteiger partial charge in [-0.25, -0.2) is 4.79 Å². The minimum absolute atomic E-state index is 0.0644. The molecule has 3 atom stereocenters. The molecule has 3 unspecified atom stereocenters. The van der Waals surface area contributed by atoms with Gasteiger partial charge in [0.2, 0.25) is 11.8 Å². The largest absolute Gasteiger partial charge is 0.444 e. The summed E-state index contributed by atoms with van der Waals surface area (Å²) in [6, 6.07) is 8.32. The second-order valence-corrected chi connectivity index (χ2v) is 11.8. The van der Waals surface area contributed by atoms with Crippen LogP contribution in [-0.4, -0.2) is 46.4 Å². The summed E-state index contributed by atoms with van der Waals surface area (Å²) in [6.45, 7) is 14.5. The number of alkyl carbamates (subject to hydrolysis) is 1. The second-order valence-electron chi connectivity index (χ2n) is 11.4. The van der Waals surface area contributed by atoms with Crippen molar-refractivity contribution in [2.45, 2.75) is 98.4 Å². The summed E-state index contributed by atoms with van der Waals surface area (Å²) in [5, 5.41) is 5.93. The van der Waals surface area contributed by atoms with Crippen molar-refractivity contribution >= 4 is 41.1 Å². The fraction of sp³-hybridized carbons (Fsp3) is 0.484. The van der Waals surface area contributed by atoms with E-state index in [-0.39, 0.29) is 12.8 Å². The molecule has 0 fully saturated rings. The summed E-state index contributed by atoms with van der Waals surface area (Å²) in [5.74, 6) is -1.63. The van der Waals surface area contributed by atoms with Crippen LogP contribution in [0.1, 0.15) is 82.2 Å². The van der Waals surface area contributed by atoms with Gasteiger partial charge in [0.25, 0.3) is 5.91 Å². The normalized spacial score (nSPS) is 13.5. The fourth-order valence-electron chi connectivity index (χ4n) is 4.42. The smallest absolute Gasteiger partial charge is 0.408 e. The molecule has 0 radical (unpaired) electrons. The van der Waals surface area contributed by atoms with Crippen molar-refractivity contribution in [2.24, 2.45) is 5.73 Å². The van der Waals surface area contributed by atoms with Gasteiger partial charge in [0, 0.05) is 12.5 Å². The highest BCUT2D eigenvalue weighted by atomic mass is 35.5. The van der Waals surface area contributed by atoms with Crippen molar-refractivity contribution in [3.05, 3.63) is 63.7 Å². The average molecular weight is 587 g/mol. The van der Waals surface area contributed by atoms with Crippen molar-refractivity contribution in [1.82, 2.24) is 10.2 Å². The van der Waals surface area contributed by atoms with E-state index >= 15 is 0 Å². The van der Waals surface area contributed by atoms with Crippen LogP contribution in [0.25, 0.3) is 0 Å². The number of amides is 4. The molecule has 0 aromatic heterocycles. The van der Waals surface area contributed by atoms with Crippen LogP contribution >= 0.6 is 11.6 Å². The predicted octanol–water partition coefficient (Wildman–Crippen LogP) is 5.73. The maximum absolute atomic E-state index is 14.4. The maximum Gasteiger partial charge on any atom is 0.408 e. The average Bonchev–Trinajstić information content (AvgIpc) is 2.86. The van der Waals surface area contributed by atoms with E-state index in [9.17, 15) is 19.2 Å². The summed E-state index contributed by atoms with van der Waals surface area (Å²) in [5.41, 5.74) is 8.14. The lowest BCUT2D eigenvalue weighted by Crippen LogP contribution is -2.55. The highest BCUT2D eigenvalue weighted by molar-refractivity contribution is 6.34. The number of para-hydroxylation sites is 1. The molecule has 0 saturated heterocycles. The highest BCUT2D eigenvalue weighted by Gasteiger charge is 2.39. The van der Waals surface area contributed by atoms with Crippen molar-refractivity contribution in [2.75, 3.05) is 5.32 Å². The number of benzene rings is 2. The molecule has 0 saturated carbocycles. The fourth-order valence-corrected chi connectivity index (χ4v) is 4.69. The lowest BCUT2D eigenvalue weighted by molar-refractivity contribution is -0.143. The molecule has 4 N–H and O–H groups in total. The van der Waals surface area contributed by atoms with Crippen molar-refractivity contribution < 1.29 is 23.9 Å². The molecule has 0 bridgehead atoms. The van der Waals surface area contributed by atoms with Crippen LogP contribution in [0.4, 0.5) is 10.5 Å². The highest BCUT2D eigenvalue weighted by Crippen LogP contribution is 2.33. The van der Waals surface area contributed by atoms with Crippen LogP contribution < -0.4 is 16.4 Å². The van der Waals surface area contributed by atoms with Crippen LogP contribution in [0.15, 0.2) is 36.4 Å². The monoisotopic (exact) mass is 586 g/mol. The molecule has 10 heteroatoms. The Morgan fingerprint density at radius 3 is 2.27 bits per heavy atom. The third-order valence-electron chi connectivity index (χ3n) is 6.71. The zero-order valence-electron chi connectivity index (χ0n) is 25.3. The topological polar surface area (TPSA) is 131 Å². The van der Waals surface area contributed by atoms with Gasteiger partial charge in [0.05, 0.1) is 10.7 Å². The molecule has 2 aromatic rings. The molecule has 0 aliphatic carbocycles. The van der Waals surface area contributed by atoms with Gasteiger partial charge in [-0.15, -0.1) is 0 Å². The molecule has 224 valence electrons. The lowest BCUT2D eigenvalue weighted by atomic mass is 9.94. The Bertz CT molecular complexity index is 1250. The Hall–Kier alpha value is -3.59. The molecule has 2 rings (SSSR count). The standard InChI is InChI=1S/C31H43ClN4O5/c1-9-21(5)36(29(39)24(15-16-25(33)37)34-30(40)41-31(6,7)8)27(22-17-18(2)13-14-19(22)3)28(38)35-26-20(4)11-10-12-23(26)32/h10-14,17,21,24,27H,9,15-16H2,1-8H3,(H2,33,37)(H,34,40)(H,35,38). The van der Waals surface area contributed by atoms with E-state index in [2.05, 4.69) is 10.6 Å². The number of nitrogens with one attached hydrogen (secondary N) is 2. The van der Waals surface area contributed by atoms with Gasteiger partial charge >= 0.3 is 6.09 Å². The molecule has 0 heterocycles. The first-order valence-electron chi connectivity index (χ1n) is 13.8. The lowest BCUT2D eigenvalue weighted by Gasteiger charge is -2.39. The molecule has 2 aromatic carbocycles. The number of ether oxygens (including phenoxy) is 1. The SMILES string of the molecule is CCC(C)N(C(=O)C(CCC(N)=O)NC(=O)OC(C)(C)C)C(C(=O)Nc1c(C)cccc1Cl)c1cc(C)ccc1C. The number of carbonyl (C=O) groups is 4. The van der Waals surface area contributed by atoms with E-state index in [1.807, 2.05) is 58.9 Å². The Morgan fingerprint density at radius 2 is 1.71 bits per heavy atom. The number of hydrogen-bond acceptors (Lipinski definition) is 5. The number of primary amides is 1. The number of carbonyl (C=O) groups excluding carboxylic acids is 4. The maximum atomic E-state index is 14.4. The first-order valence-corrected chi connectivity index (χ1v) is 14.2. The summed E-state index contributed by atoms with van der Waals surface area (Å²) < 4.78 is 5.39. The minimum Gasteiger partial charge on any atom is -0.444 e. The Kier molecular flexibility index (Phi) is 11.8. The van der Waals surface area contributed by atoms with E-state index in [1.165, 1.54) is 4.90 Å². The number of hydrogen-bond donors (Lipinski definition) is 3. The van der Waals surface area contributed by atoms with Gasteiger partial charge in [0.1, 0.15) is 17.7 Å². The van der Waals surface area contributed by atoms with Crippen LogP contribution in [0.2, 0.25) is 5.02 Å². The van der Waals surface area contributed by atoms with Gasteiger partial charge < -0.3 is 26.0 Å². The van der Waals surface area contributed by atoms with Crippen LogP contribution in [0.5, 0.6) is 0 Å². The van der Waals surface area contributed by atoms with Crippen LogP contribution in [0, 0.1) is 20.8 Å². The number of nitrogens with two attached hydrogens (primary N) is 1. The van der Waals surface area contributed by atoms with Gasteiger partial charge in [0.15, 0.2) is 0 Å². The second kappa shape index (κ2) is 14.3. The summed E-state index contributed by atoms with van der Waals surface area (Å²) in [4.78, 5) is 54.5. The third-order valence-corrected chi connectivity index (χ3v) is 7.03. The van der Waals surface area contributed by atoms with Crippen molar-refractivity contribution in [3.63, 3.8) is 0 Å². The van der Waals surface area contributed by atoms with E-state index in [0.717, 1.165) is 16.7 Å². The number of nitrogens with zero attached hydrogens (tertiary/aromatic N) is 1. The van der Waals surface area contributed by atoms with Gasteiger partial charge in [-0.3, -0.25) is 14.4 Å². The van der Waals surface area contributed by atoms with E-state index in [1.54, 1.807) is 32.9 Å². The minimum atomic E-state index is -1.17. The van der Waals surface area contributed by atoms with Crippen LogP contribution in [0.3, 0.4) is 0 Å². The zero-order chi connectivity index (χ0) is 31.1. The van der Waals surface area contributed by atoms with Gasteiger partial charge in [-0.05, 0) is 84.1 Å². The molecule has 0 spiro atoms. The van der Waals surface area contributed by atoms with Gasteiger partial charge in [-0.2, -0.15) is 0 Å². The van der Waals surface area contributed by atoms with E-state index in [4.69, 9.17) is 22.1 Å². The quantitative estimate of drug-likeness (QED) is 0.309. The summed E-state index contributed by atoms with van der Waals surface area (Å²) >= 11 is 6.44. The zero-order valence-corrected chi connectivity index (χ0v) is 26.0. The van der Waals surface area contributed by atoms with Crippen molar-refractivity contribution in [3.8, 4) is 0 Å². The number of anilines is 1. The molecule has 0 aliphatic rings. The van der Waals surface area contributed by atoms with Crippen molar-refractivity contribution in [1.29, 1.82) is 0 Å². The number of aryl methyl sites for hydroxylation is 3. The number of rotatable bonds is 11. The molecular weight excluding hydrogens is 544 g/mol. The van der Waals surface area contributed by atoms with Gasteiger partial charge in [-0.1, -0.05) is 54.4 Å². The molecule has 41 heavy (non-hydrogen) atoms. The molecule has 4 amide bonds. The molecule has 0 aliphatic heterocycles. The van der Waals surface area contributed by atoms with Crippen LogP contribution in [-0.2, 0) is 19.1 Å². The summed E-state index contributed by atoms with van der Waals surface area (Å²) in [6.07, 6.45) is -0.519. The Balaban J connectivity index is 2.68. The predicted molar refractivity (Wildman–Crippen MR) is 162 cm³/mol. The summed E-state index contributed by atoms with van der Waals surface area (Å²) in [7, 11) is 0. The van der Waals surface area contributed by atoms with E-state index < -0.39 is 47.5 Å². The Labute approximate surface area is 248 Å². The van der Waals surface area contributed by atoms with E-state index in [0.29, 0.717) is 22.7 Å². The molecule has 9 nitrogen and oxygen atoms in total. The number of halogens is 1. The first kappa shape index (κ1) is 33.6.